The molecule has 114 valence electrons. The summed E-state index contributed by atoms with van der Waals surface area (Å²) >= 11 is 0. The highest BCUT2D eigenvalue weighted by Gasteiger charge is 2.08. The van der Waals surface area contributed by atoms with Crippen molar-refractivity contribution in [2.75, 3.05) is 6.54 Å². The molecule has 0 aromatic carbocycles. The van der Waals surface area contributed by atoms with Gasteiger partial charge in [0.25, 0.3) is 0 Å². The van der Waals surface area contributed by atoms with E-state index in [1.165, 1.54) is 0 Å². The maximum absolute atomic E-state index is 4.58. The van der Waals surface area contributed by atoms with Crippen molar-refractivity contribution < 1.29 is 0 Å². The van der Waals surface area contributed by atoms with E-state index >= 15 is 0 Å². The summed E-state index contributed by atoms with van der Waals surface area (Å²) in [6, 6.07) is 6.41. The van der Waals surface area contributed by atoms with Crippen LogP contribution in [-0.2, 0) is 6.54 Å². The van der Waals surface area contributed by atoms with Crippen molar-refractivity contribution in [3.8, 4) is 0 Å². The van der Waals surface area contributed by atoms with E-state index in [2.05, 4.69) is 48.3 Å². The number of halogens is 1. The van der Waals surface area contributed by atoms with Crippen LogP contribution in [0.1, 0.15) is 39.1 Å². The predicted molar refractivity (Wildman–Crippen MR) is 96.6 cm³/mol. The SMILES string of the molecule is CCNC(=NCc1cccc(C)n1)NC(C)C(C)C.I. The molecule has 1 aromatic rings. The third-order valence-electron chi connectivity index (χ3n) is 3.05. The van der Waals surface area contributed by atoms with Crippen molar-refractivity contribution in [3.05, 3.63) is 29.6 Å². The van der Waals surface area contributed by atoms with Crippen molar-refractivity contribution in [2.45, 2.75) is 47.2 Å². The first-order valence-corrected chi connectivity index (χ1v) is 7.00. The van der Waals surface area contributed by atoms with Gasteiger partial charge in [-0.15, -0.1) is 24.0 Å². The molecule has 0 saturated heterocycles. The molecule has 0 aliphatic rings. The number of rotatable bonds is 5. The highest BCUT2D eigenvalue weighted by atomic mass is 127. The lowest BCUT2D eigenvalue weighted by Gasteiger charge is -2.20. The molecule has 1 heterocycles. The van der Waals surface area contributed by atoms with Gasteiger partial charge in [0.05, 0.1) is 12.2 Å². The molecule has 1 unspecified atom stereocenters. The van der Waals surface area contributed by atoms with E-state index in [0.29, 0.717) is 18.5 Å². The summed E-state index contributed by atoms with van der Waals surface area (Å²) in [5.74, 6) is 1.42. The van der Waals surface area contributed by atoms with Crippen LogP contribution in [0.2, 0.25) is 0 Å². The third kappa shape index (κ3) is 7.07. The summed E-state index contributed by atoms with van der Waals surface area (Å²) < 4.78 is 0. The molecule has 1 atom stereocenters. The van der Waals surface area contributed by atoms with E-state index in [1.807, 2.05) is 25.1 Å². The monoisotopic (exact) mass is 390 g/mol. The summed E-state index contributed by atoms with van der Waals surface area (Å²) in [4.78, 5) is 9.04. The Kier molecular flexibility index (Phi) is 9.54. The van der Waals surface area contributed by atoms with Crippen LogP contribution < -0.4 is 10.6 Å². The van der Waals surface area contributed by atoms with Gasteiger partial charge in [-0.1, -0.05) is 19.9 Å². The Morgan fingerprint density at radius 3 is 2.55 bits per heavy atom. The lowest BCUT2D eigenvalue weighted by Crippen LogP contribution is -2.44. The van der Waals surface area contributed by atoms with E-state index in [1.54, 1.807) is 0 Å². The lowest BCUT2D eigenvalue weighted by molar-refractivity contribution is 0.481. The molecule has 0 bridgehead atoms. The van der Waals surface area contributed by atoms with E-state index in [-0.39, 0.29) is 24.0 Å². The zero-order valence-corrected chi connectivity index (χ0v) is 15.4. The average molecular weight is 390 g/mol. The lowest BCUT2D eigenvalue weighted by atomic mass is 10.1. The Hall–Kier alpha value is -0.850. The summed E-state index contributed by atoms with van der Waals surface area (Å²) in [6.45, 7) is 12.1. The molecule has 0 saturated carbocycles. The first-order valence-electron chi connectivity index (χ1n) is 7.00. The van der Waals surface area contributed by atoms with Gasteiger partial charge in [-0.3, -0.25) is 4.98 Å². The van der Waals surface area contributed by atoms with Crippen LogP contribution >= 0.6 is 24.0 Å². The number of nitrogens with zero attached hydrogens (tertiary/aromatic N) is 2. The fourth-order valence-corrected chi connectivity index (χ4v) is 1.55. The van der Waals surface area contributed by atoms with E-state index in [9.17, 15) is 0 Å². The van der Waals surface area contributed by atoms with Gasteiger partial charge in [0, 0.05) is 18.3 Å². The molecule has 0 fully saturated rings. The third-order valence-corrected chi connectivity index (χ3v) is 3.05. The molecule has 20 heavy (non-hydrogen) atoms. The van der Waals surface area contributed by atoms with Crippen LogP contribution in [0.5, 0.6) is 0 Å². The van der Waals surface area contributed by atoms with Crippen molar-refractivity contribution >= 4 is 29.9 Å². The highest BCUT2D eigenvalue weighted by molar-refractivity contribution is 14.0. The van der Waals surface area contributed by atoms with Crippen molar-refractivity contribution in [1.82, 2.24) is 15.6 Å². The minimum atomic E-state index is 0. The highest BCUT2D eigenvalue weighted by Crippen LogP contribution is 2.01. The first-order chi connectivity index (χ1) is 9.02. The number of hydrogen-bond acceptors (Lipinski definition) is 2. The number of aromatic nitrogens is 1. The topological polar surface area (TPSA) is 49.3 Å². The van der Waals surface area contributed by atoms with Crippen LogP contribution in [0.3, 0.4) is 0 Å². The molecule has 1 aromatic heterocycles. The minimum absolute atomic E-state index is 0. The Bertz CT molecular complexity index is 418. The van der Waals surface area contributed by atoms with Gasteiger partial charge in [0.2, 0.25) is 0 Å². The van der Waals surface area contributed by atoms with Gasteiger partial charge in [-0.2, -0.15) is 0 Å². The van der Waals surface area contributed by atoms with Crippen LogP contribution in [-0.4, -0.2) is 23.5 Å². The van der Waals surface area contributed by atoms with Crippen molar-refractivity contribution in [3.63, 3.8) is 0 Å². The largest absolute Gasteiger partial charge is 0.357 e. The Balaban J connectivity index is 0.00000361. The number of nitrogens with one attached hydrogen (secondary N) is 2. The summed E-state index contributed by atoms with van der Waals surface area (Å²) in [7, 11) is 0. The second kappa shape index (κ2) is 9.96. The summed E-state index contributed by atoms with van der Waals surface area (Å²) in [5, 5.41) is 6.68. The summed E-state index contributed by atoms with van der Waals surface area (Å²) in [6.07, 6.45) is 0. The average Bonchev–Trinajstić information content (AvgIpc) is 2.36. The normalized spacial score (nSPS) is 12.8. The smallest absolute Gasteiger partial charge is 0.191 e. The second-order valence-corrected chi connectivity index (χ2v) is 5.14. The number of pyridine rings is 1. The molecule has 2 N–H and O–H groups in total. The van der Waals surface area contributed by atoms with Crippen LogP contribution in [0.15, 0.2) is 23.2 Å². The standard InChI is InChI=1S/C15H26N4.HI/c1-6-16-15(19-13(5)11(2)3)17-10-14-9-7-8-12(4)18-14;/h7-9,11,13H,6,10H2,1-5H3,(H2,16,17,19);1H. The van der Waals surface area contributed by atoms with E-state index in [4.69, 9.17) is 0 Å². The predicted octanol–water partition coefficient (Wildman–Crippen LogP) is 3.11. The van der Waals surface area contributed by atoms with Gasteiger partial charge in [-0.05, 0) is 38.8 Å². The fourth-order valence-electron chi connectivity index (χ4n) is 1.55. The number of hydrogen-bond donors (Lipinski definition) is 2. The van der Waals surface area contributed by atoms with Gasteiger partial charge >= 0.3 is 0 Å². The maximum atomic E-state index is 4.58. The van der Waals surface area contributed by atoms with Crippen molar-refractivity contribution in [2.24, 2.45) is 10.9 Å². The number of aliphatic imine (C=N–C) groups is 1. The molecule has 0 aliphatic heterocycles. The molecule has 0 aliphatic carbocycles. The Labute approximate surface area is 139 Å². The Morgan fingerprint density at radius 1 is 1.30 bits per heavy atom. The van der Waals surface area contributed by atoms with E-state index in [0.717, 1.165) is 23.9 Å². The van der Waals surface area contributed by atoms with E-state index < -0.39 is 0 Å². The van der Waals surface area contributed by atoms with Crippen LogP contribution in [0, 0.1) is 12.8 Å². The molecule has 5 heteroatoms. The summed E-state index contributed by atoms with van der Waals surface area (Å²) in [5.41, 5.74) is 2.02. The quantitative estimate of drug-likeness (QED) is 0.462. The molecule has 0 amide bonds. The van der Waals surface area contributed by atoms with Gasteiger partial charge < -0.3 is 10.6 Å². The zero-order valence-electron chi connectivity index (χ0n) is 13.1. The maximum Gasteiger partial charge on any atom is 0.191 e. The van der Waals surface area contributed by atoms with Crippen molar-refractivity contribution in [1.29, 1.82) is 0 Å². The second-order valence-electron chi connectivity index (χ2n) is 5.14. The molecule has 0 spiro atoms. The molecule has 0 radical (unpaired) electrons. The zero-order chi connectivity index (χ0) is 14.3. The van der Waals surface area contributed by atoms with Gasteiger partial charge in [0.15, 0.2) is 5.96 Å². The van der Waals surface area contributed by atoms with Gasteiger partial charge in [-0.25, -0.2) is 4.99 Å². The molecule has 4 nitrogen and oxygen atoms in total. The van der Waals surface area contributed by atoms with Crippen LogP contribution in [0.4, 0.5) is 0 Å². The molecule has 1 rings (SSSR count). The van der Waals surface area contributed by atoms with Crippen LogP contribution in [0.25, 0.3) is 0 Å². The van der Waals surface area contributed by atoms with Gasteiger partial charge in [0.1, 0.15) is 0 Å². The first kappa shape index (κ1) is 19.1. The Morgan fingerprint density at radius 2 is 2.00 bits per heavy atom. The minimum Gasteiger partial charge on any atom is -0.357 e. The number of aryl methyl sites for hydroxylation is 1. The number of guanidine groups is 1. The molecular formula is C15H27IN4. The fraction of sp³-hybridized carbons (Fsp3) is 0.600. The molecular weight excluding hydrogens is 363 g/mol.